The second kappa shape index (κ2) is 5.96. The van der Waals surface area contributed by atoms with Gasteiger partial charge in [0.2, 0.25) is 10.0 Å². The van der Waals surface area contributed by atoms with Gasteiger partial charge in [0.25, 0.3) is 0 Å². The molecule has 1 aromatic carbocycles. The van der Waals surface area contributed by atoms with Crippen molar-refractivity contribution in [1.82, 2.24) is 4.72 Å². The van der Waals surface area contributed by atoms with E-state index < -0.39 is 28.2 Å². The van der Waals surface area contributed by atoms with Gasteiger partial charge in [-0.25, -0.2) is 13.1 Å². The predicted molar refractivity (Wildman–Crippen MR) is 73.3 cm³/mol. The first-order valence-corrected chi connectivity index (χ1v) is 8.35. The maximum absolute atomic E-state index is 13.0. The van der Waals surface area contributed by atoms with Crippen molar-refractivity contribution < 1.29 is 21.6 Å². The summed E-state index contributed by atoms with van der Waals surface area (Å²) in [4.78, 5) is 0.0384. The van der Waals surface area contributed by atoms with Crippen LogP contribution in [0.3, 0.4) is 0 Å². The molecule has 0 spiro atoms. The Kier molecular flexibility index (Phi) is 4.63. The summed E-state index contributed by atoms with van der Waals surface area (Å²) < 4.78 is 65.9. The zero-order valence-electron chi connectivity index (χ0n) is 11.7. The monoisotopic (exact) mass is 321 g/mol. The van der Waals surface area contributed by atoms with E-state index in [9.17, 15) is 21.6 Å². The molecule has 0 aromatic heterocycles. The zero-order valence-corrected chi connectivity index (χ0v) is 12.5. The highest BCUT2D eigenvalue weighted by atomic mass is 32.2. The molecular weight excluding hydrogens is 303 g/mol. The van der Waals surface area contributed by atoms with E-state index in [-0.39, 0.29) is 17.7 Å². The summed E-state index contributed by atoms with van der Waals surface area (Å²) >= 11 is 0. The summed E-state index contributed by atoms with van der Waals surface area (Å²) in [7, 11) is -3.93. The van der Waals surface area contributed by atoms with Gasteiger partial charge >= 0.3 is 6.18 Å². The van der Waals surface area contributed by atoms with E-state index >= 15 is 0 Å². The largest absolute Gasteiger partial charge is 0.393 e. The Morgan fingerprint density at radius 1 is 1.14 bits per heavy atom. The molecule has 2 rings (SSSR count). The number of sulfonamides is 1. The summed E-state index contributed by atoms with van der Waals surface area (Å²) in [5.74, 6) is -1.61. The fourth-order valence-electron chi connectivity index (χ4n) is 2.78. The van der Waals surface area contributed by atoms with Gasteiger partial charge in [-0.15, -0.1) is 0 Å². The Morgan fingerprint density at radius 3 is 2.38 bits per heavy atom. The van der Waals surface area contributed by atoms with Crippen molar-refractivity contribution in [3.63, 3.8) is 0 Å². The molecule has 1 aliphatic carbocycles. The Hall–Kier alpha value is -1.08. The molecule has 0 heterocycles. The minimum Gasteiger partial charge on any atom is -0.207 e. The van der Waals surface area contributed by atoms with Crippen molar-refractivity contribution in [1.29, 1.82) is 0 Å². The summed E-state index contributed by atoms with van der Waals surface area (Å²) in [6.45, 7) is 1.62. The number of hydrogen-bond donors (Lipinski definition) is 1. The maximum atomic E-state index is 13.0. The molecule has 2 unspecified atom stereocenters. The van der Waals surface area contributed by atoms with Gasteiger partial charge in [-0.3, -0.25) is 0 Å². The van der Waals surface area contributed by atoms with Gasteiger partial charge < -0.3 is 0 Å². The minimum absolute atomic E-state index is 0.0234. The number of halogens is 3. The number of rotatable bonds is 3. The van der Waals surface area contributed by atoms with Crippen LogP contribution in [0.15, 0.2) is 29.2 Å². The quantitative estimate of drug-likeness (QED) is 0.927. The van der Waals surface area contributed by atoms with E-state index in [1.165, 1.54) is 6.07 Å². The van der Waals surface area contributed by atoms with Gasteiger partial charge in [0, 0.05) is 6.04 Å². The lowest BCUT2D eigenvalue weighted by Crippen LogP contribution is -2.47. The fraction of sp³-hybridized carbons (Fsp3) is 0.571. The number of benzene rings is 1. The highest BCUT2D eigenvalue weighted by Gasteiger charge is 2.46. The van der Waals surface area contributed by atoms with Crippen LogP contribution in [0.25, 0.3) is 0 Å². The molecule has 0 amide bonds. The molecule has 1 saturated carbocycles. The number of nitrogens with one attached hydrogen (secondary N) is 1. The third-order valence-electron chi connectivity index (χ3n) is 3.88. The lowest BCUT2D eigenvalue weighted by Gasteiger charge is -2.33. The second-order valence-corrected chi connectivity index (χ2v) is 7.11. The molecule has 0 bridgehead atoms. The topological polar surface area (TPSA) is 46.2 Å². The maximum Gasteiger partial charge on any atom is 0.393 e. The Morgan fingerprint density at radius 2 is 1.76 bits per heavy atom. The molecule has 2 atom stereocenters. The number of alkyl halides is 3. The van der Waals surface area contributed by atoms with Gasteiger partial charge in [-0.05, 0) is 31.4 Å². The third-order valence-corrected chi connectivity index (χ3v) is 5.53. The molecule has 1 fully saturated rings. The van der Waals surface area contributed by atoms with E-state index in [0.29, 0.717) is 18.4 Å². The SMILES string of the molecule is Cc1ccccc1S(=O)(=O)NC1CCCCC1C(F)(F)F. The molecule has 21 heavy (non-hydrogen) atoms. The van der Waals surface area contributed by atoms with E-state index in [4.69, 9.17) is 0 Å². The lowest BCUT2D eigenvalue weighted by molar-refractivity contribution is -0.187. The summed E-state index contributed by atoms with van der Waals surface area (Å²) in [5, 5.41) is 0. The van der Waals surface area contributed by atoms with Gasteiger partial charge in [-0.1, -0.05) is 31.0 Å². The van der Waals surface area contributed by atoms with E-state index in [0.717, 1.165) is 0 Å². The van der Waals surface area contributed by atoms with Crippen LogP contribution in [0.2, 0.25) is 0 Å². The van der Waals surface area contributed by atoms with E-state index in [1.54, 1.807) is 25.1 Å². The first kappa shape index (κ1) is 16.3. The van der Waals surface area contributed by atoms with Gasteiger partial charge in [0.05, 0.1) is 10.8 Å². The first-order chi connectivity index (χ1) is 9.72. The van der Waals surface area contributed by atoms with Gasteiger partial charge in [0.15, 0.2) is 0 Å². The Balaban J connectivity index is 2.25. The van der Waals surface area contributed by atoms with Crippen molar-refractivity contribution in [2.24, 2.45) is 5.92 Å². The van der Waals surface area contributed by atoms with Crippen LogP contribution < -0.4 is 4.72 Å². The van der Waals surface area contributed by atoms with Crippen molar-refractivity contribution in [3.05, 3.63) is 29.8 Å². The van der Waals surface area contributed by atoms with Crippen LogP contribution in [-0.2, 0) is 10.0 Å². The first-order valence-electron chi connectivity index (χ1n) is 6.86. The highest BCUT2D eigenvalue weighted by molar-refractivity contribution is 7.89. The smallest absolute Gasteiger partial charge is 0.207 e. The number of hydrogen-bond acceptors (Lipinski definition) is 2. The lowest BCUT2D eigenvalue weighted by atomic mass is 9.85. The molecule has 1 N–H and O–H groups in total. The van der Waals surface area contributed by atoms with Crippen molar-refractivity contribution in [2.45, 2.75) is 49.7 Å². The fourth-order valence-corrected chi connectivity index (χ4v) is 4.34. The zero-order chi connectivity index (χ0) is 15.7. The molecule has 0 radical (unpaired) electrons. The summed E-state index contributed by atoms with van der Waals surface area (Å²) in [6, 6.07) is 5.19. The van der Waals surface area contributed by atoms with Crippen molar-refractivity contribution >= 4 is 10.0 Å². The summed E-state index contributed by atoms with van der Waals surface area (Å²) in [5.41, 5.74) is 0.518. The van der Waals surface area contributed by atoms with Crippen molar-refractivity contribution in [3.8, 4) is 0 Å². The van der Waals surface area contributed by atoms with Crippen LogP contribution in [0.1, 0.15) is 31.2 Å². The van der Waals surface area contributed by atoms with Crippen molar-refractivity contribution in [2.75, 3.05) is 0 Å². The molecular formula is C14H18F3NO2S. The van der Waals surface area contributed by atoms with Crippen LogP contribution in [0, 0.1) is 12.8 Å². The number of aryl methyl sites for hydroxylation is 1. The molecule has 3 nitrogen and oxygen atoms in total. The predicted octanol–water partition coefficient (Wildman–Crippen LogP) is 3.39. The Bertz CT molecular complexity index is 598. The van der Waals surface area contributed by atoms with Gasteiger partial charge in [0.1, 0.15) is 0 Å². The standard InChI is InChI=1S/C14H18F3NO2S/c1-10-6-2-5-9-13(10)21(19,20)18-12-8-4-3-7-11(12)14(15,16)17/h2,5-6,9,11-12,18H,3-4,7-8H2,1H3. The summed E-state index contributed by atoms with van der Waals surface area (Å²) in [6.07, 6.45) is -3.10. The average molecular weight is 321 g/mol. The molecule has 0 aliphatic heterocycles. The second-order valence-electron chi connectivity index (χ2n) is 5.43. The van der Waals surface area contributed by atoms with E-state index in [2.05, 4.69) is 4.72 Å². The third kappa shape index (κ3) is 3.77. The molecule has 0 saturated heterocycles. The Labute approximate surface area is 122 Å². The highest BCUT2D eigenvalue weighted by Crippen LogP contribution is 2.38. The normalized spacial score (nSPS) is 24.0. The van der Waals surface area contributed by atoms with Crippen LogP contribution in [0.4, 0.5) is 13.2 Å². The molecule has 7 heteroatoms. The van der Waals surface area contributed by atoms with Crippen LogP contribution >= 0.6 is 0 Å². The van der Waals surface area contributed by atoms with Crippen LogP contribution in [-0.4, -0.2) is 20.6 Å². The van der Waals surface area contributed by atoms with Gasteiger partial charge in [-0.2, -0.15) is 13.2 Å². The van der Waals surface area contributed by atoms with Crippen LogP contribution in [0.5, 0.6) is 0 Å². The molecule has 1 aromatic rings. The molecule has 118 valence electrons. The molecule has 1 aliphatic rings. The van der Waals surface area contributed by atoms with E-state index in [1.807, 2.05) is 0 Å². The minimum atomic E-state index is -4.38. The average Bonchev–Trinajstić information content (AvgIpc) is 2.38.